The fourth-order valence-corrected chi connectivity index (χ4v) is 1.24. The Bertz CT molecular complexity index is 191. The summed E-state index contributed by atoms with van der Waals surface area (Å²) in [7, 11) is 0. The van der Waals surface area contributed by atoms with E-state index in [0.29, 0.717) is 4.83 Å². The van der Waals surface area contributed by atoms with Gasteiger partial charge in [0.1, 0.15) is 0 Å². The summed E-state index contributed by atoms with van der Waals surface area (Å²) in [5.41, 5.74) is 1.43. The quantitative estimate of drug-likeness (QED) is 0.675. The van der Waals surface area contributed by atoms with E-state index < -0.39 is 0 Å². The van der Waals surface area contributed by atoms with Crippen molar-refractivity contribution in [3.05, 3.63) is 35.9 Å². The zero-order chi connectivity index (χ0) is 8.10. The lowest BCUT2D eigenvalue weighted by atomic mass is 10.1. The monoisotopic (exact) mass is 212 g/mol. The molecular formula is C10H13Br. The van der Waals surface area contributed by atoms with Gasteiger partial charge in [0.15, 0.2) is 0 Å². The molecule has 0 saturated heterocycles. The molecule has 0 aliphatic heterocycles. The smallest absolute Gasteiger partial charge is 0.0120 e. The molecule has 0 heterocycles. The second-order valence-electron chi connectivity index (χ2n) is 2.81. The molecule has 0 bridgehead atoms. The number of halogens is 1. The Kier molecular flexibility index (Phi) is 3.64. The van der Waals surface area contributed by atoms with Crippen LogP contribution in [0, 0.1) is 0 Å². The van der Waals surface area contributed by atoms with Crippen LogP contribution in [0.4, 0.5) is 0 Å². The SMILES string of the molecule is C[C@@H](Br)CCc1ccccc1. The zero-order valence-corrected chi connectivity index (χ0v) is 8.34. The molecule has 0 spiro atoms. The molecule has 0 fully saturated rings. The minimum Gasteiger partial charge on any atom is -0.0894 e. The van der Waals surface area contributed by atoms with E-state index >= 15 is 0 Å². The van der Waals surface area contributed by atoms with Crippen LogP contribution in [0.1, 0.15) is 18.9 Å². The molecule has 1 heteroatoms. The molecule has 1 rings (SSSR count). The first-order valence-corrected chi connectivity index (χ1v) is 4.88. The van der Waals surface area contributed by atoms with Crippen LogP contribution in [-0.2, 0) is 6.42 Å². The van der Waals surface area contributed by atoms with Crippen LogP contribution in [0.2, 0.25) is 0 Å². The maximum absolute atomic E-state index is 3.53. The third kappa shape index (κ3) is 3.57. The predicted molar refractivity (Wildman–Crippen MR) is 53.2 cm³/mol. The van der Waals surface area contributed by atoms with Gasteiger partial charge in [-0.15, -0.1) is 0 Å². The molecule has 1 aromatic carbocycles. The summed E-state index contributed by atoms with van der Waals surface area (Å²) in [6.45, 7) is 2.18. The number of hydrogen-bond donors (Lipinski definition) is 0. The van der Waals surface area contributed by atoms with Crippen LogP contribution in [0.5, 0.6) is 0 Å². The fraction of sp³-hybridized carbons (Fsp3) is 0.400. The van der Waals surface area contributed by atoms with Crippen molar-refractivity contribution in [2.75, 3.05) is 0 Å². The van der Waals surface area contributed by atoms with Crippen LogP contribution < -0.4 is 0 Å². The largest absolute Gasteiger partial charge is 0.0894 e. The van der Waals surface area contributed by atoms with Gasteiger partial charge in [-0.25, -0.2) is 0 Å². The second-order valence-corrected chi connectivity index (χ2v) is 4.37. The van der Waals surface area contributed by atoms with Gasteiger partial charge < -0.3 is 0 Å². The van der Waals surface area contributed by atoms with Crippen LogP contribution >= 0.6 is 15.9 Å². The molecule has 0 nitrogen and oxygen atoms in total. The van der Waals surface area contributed by atoms with Gasteiger partial charge in [-0.2, -0.15) is 0 Å². The summed E-state index contributed by atoms with van der Waals surface area (Å²) >= 11 is 3.53. The lowest BCUT2D eigenvalue weighted by Gasteiger charge is -2.01. The summed E-state index contributed by atoms with van der Waals surface area (Å²) in [5, 5.41) is 0. The van der Waals surface area contributed by atoms with Crippen molar-refractivity contribution in [1.82, 2.24) is 0 Å². The molecule has 11 heavy (non-hydrogen) atoms. The lowest BCUT2D eigenvalue weighted by Crippen LogP contribution is -1.93. The Labute approximate surface area is 76.8 Å². The van der Waals surface area contributed by atoms with Gasteiger partial charge >= 0.3 is 0 Å². The van der Waals surface area contributed by atoms with Crippen LogP contribution in [0.25, 0.3) is 0 Å². The van der Waals surface area contributed by atoms with Crippen molar-refractivity contribution in [2.45, 2.75) is 24.6 Å². The van der Waals surface area contributed by atoms with E-state index in [2.05, 4.69) is 53.2 Å². The summed E-state index contributed by atoms with van der Waals surface area (Å²) < 4.78 is 0. The Morgan fingerprint density at radius 3 is 2.45 bits per heavy atom. The van der Waals surface area contributed by atoms with E-state index in [4.69, 9.17) is 0 Å². The molecule has 0 radical (unpaired) electrons. The highest BCUT2D eigenvalue weighted by atomic mass is 79.9. The molecule has 60 valence electrons. The van der Waals surface area contributed by atoms with Gasteiger partial charge in [-0.3, -0.25) is 0 Å². The van der Waals surface area contributed by atoms with Crippen molar-refractivity contribution in [1.29, 1.82) is 0 Å². The minimum absolute atomic E-state index is 0.628. The molecule has 1 atom stereocenters. The molecule has 0 aliphatic carbocycles. The van der Waals surface area contributed by atoms with Gasteiger partial charge in [-0.1, -0.05) is 53.2 Å². The predicted octanol–water partition coefficient (Wildman–Crippen LogP) is 3.40. The third-order valence-electron chi connectivity index (χ3n) is 1.67. The number of benzene rings is 1. The summed E-state index contributed by atoms with van der Waals surface area (Å²) in [6.07, 6.45) is 2.39. The van der Waals surface area contributed by atoms with Crippen molar-refractivity contribution in [3.8, 4) is 0 Å². The summed E-state index contributed by atoms with van der Waals surface area (Å²) in [6, 6.07) is 10.6. The lowest BCUT2D eigenvalue weighted by molar-refractivity contribution is 0.822. The number of rotatable bonds is 3. The average Bonchev–Trinajstić information content (AvgIpc) is 2.03. The highest BCUT2D eigenvalue weighted by Gasteiger charge is 1.95. The van der Waals surface area contributed by atoms with E-state index in [9.17, 15) is 0 Å². The van der Waals surface area contributed by atoms with E-state index in [1.165, 1.54) is 18.4 Å². The van der Waals surface area contributed by atoms with Crippen molar-refractivity contribution < 1.29 is 0 Å². The molecule has 0 aromatic heterocycles. The fourth-order valence-electron chi connectivity index (χ4n) is 1.01. The van der Waals surface area contributed by atoms with E-state index in [1.807, 2.05) is 0 Å². The van der Waals surface area contributed by atoms with Gasteiger partial charge in [-0.05, 0) is 18.4 Å². The first-order chi connectivity index (χ1) is 5.29. The van der Waals surface area contributed by atoms with Gasteiger partial charge in [0.05, 0.1) is 0 Å². The number of aryl methyl sites for hydroxylation is 1. The van der Waals surface area contributed by atoms with Gasteiger partial charge in [0, 0.05) is 4.83 Å². The molecular weight excluding hydrogens is 200 g/mol. The van der Waals surface area contributed by atoms with Crippen LogP contribution in [0.3, 0.4) is 0 Å². The molecule has 0 saturated carbocycles. The Morgan fingerprint density at radius 1 is 1.27 bits per heavy atom. The Balaban J connectivity index is 2.39. The third-order valence-corrected chi connectivity index (χ3v) is 2.13. The van der Waals surface area contributed by atoms with Gasteiger partial charge in [0.2, 0.25) is 0 Å². The van der Waals surface area contributed by atoms with Crippen LogP contribution in [0.15, 0.2) is 30.3 Å². The minimum atomic E-state index is 0.628. The highest BCUT2D eigenvalue weighted by Crippen LogP contribution is 2.09. The van der Waals surface area contributed by atoms with E-state index in [0.717, 1.165) is 0 Å². The molecule has 0 amide bonds. The Hall–Kier alpha value is -0.300. The number of alkyl halides is 1. The summed E-state index contributed by atoms with van der Waals surface area (Å²) in [5.74, 6) is 0. The molecule has 0 unspecified atom stereocenters. The maximum atomic E-state index is 3.53. The van der Waals surface area contributed by atoms with Crippen LogP contribution in [-0.4, -0.2) is 4.83 Å². The first kappa shape index (κ1) is 8.79. The van der Waals surface area contributed by atoms with Crippen molar-refractivity contribution in [3.63, 3.8) is 0 Å². The highest BCUT2D eigenvalue weighted by molar-refractivity contribution is 9.09. The topological polar surface area (TPSA) is 0 Å². The molecule has 0 N–H and O–H groups in total. The average molecular weight is 213 g/mol. The van der Waals surface area contributed by atoms with Crippen molar-refractivity contribution >= 4 is 15.9 Å². The zero-order valence-electron chi connectivity index (χ0n) is 6.76. The standard InChI is InChI=1S/C10H13Br/c1-9(11)7-8-10-5-3-2-4-6-10/h2-6,9H,7-8H2,1H3/t9-/m1/s1. The maximum Gasteiger partial charge on any atom is 0.0120 e. The van der Waals surface area contributed by atoms with E-state index in [-0.39, 0.29) is 0 Å². The summed E-state index contributed by atoms with van der Waals surface area (Å²) in [4.78, 5) is 0.628. The molecule has 1 aromatic rings. The van der Waals surface area contributed by atoms with E-state index in [1.54, 1.807) is 0 Å². The Morgan fingerprint density at radius 2 is 1.91 bits per heavy atom. The normalized spacial score (nSPS) is 12.9. The first-order valence-electron chi connectivity index (χ1n) is 3.97. The molecule has 0 aliphatic rings. The second kappa shape index (κ2) is 4.55. The van der Waals surface area contributed by atoms with Crippen molar-refractivity contribution in [2.24, 2.45) is 0 Å². The number of hydrogen-bond acceptors (Lipinski definition) is 0. The van der Waals surface area contributed by atoms with Gasteiger partial charge in [0.25, 0.3) is 0 Å².